The second-order valence-electron chi connectivity index (χ2n) is 5.00. The van der Waals surface area contributed by atoms with Gasteiger partial charge in [0.05, 0.1) is 0 Å². The molecule has 0 saturated carbocycles. The first-order chi connectivity index (χ1) is 10.2. The first-order valence-corrected chi connectivity index (χ1v) is 7.49. The van der Waals surface area contributed by atoms with Gasteiger partial charge in [0.15, 0.2) is 0 Å². The number of aromatic nitrogens is 2. The molecule has 5 heteroatoms. The van der Waals surface area contributed by atoms with Crippen molar-refractivity contribution in [1.29, 1.82) is 0 Å². The van der Waals surface area contributed by atoms with E-state index < -0.39 is 0 Å². The summed E-state index contributed by atoms with van der Waals surface area (Å²) in [5.41, 5.74) is 7.23. The highest BCUT2D eigenvalue weighted by molar-refractivity contribution is 5.19. The van der Waals surface area contributed by atoms with E-state index in [0.717, 1.165) is 18.4 Å². The topological polar surface area (TPSA) is 74.2 Å². The van der Waals surface area contributed by atoms with Crippen LogP contribution >= 0.6 is 0 Å². The fraction of sp³-hybridized carbons (Fsp3) is 0.500. The molecule has 1 aromatic carbocycles. The van der Waals surface area contributed by atoms with E-state index in [-0.39, 0.29) is 12.1 Å². The maximum absolute atomic E-state index is 6.17. The lowest BCUT2D eigenvalue weighted by Crippen LogP contribution is -2.13. The molecule has 0 bridgehead atoms. The number of benzene rings is 1. The van der Waals surface area contributed by atoms with Gasteiger partial charge in [0.25, 0.3) is 0 Å². The highest BCUT2D eigenvalue weighted by Gasteiger charge is 2.19. The van der Waals surface area contributed by atoms with Crippen molar-refractivity contribution in [3.63, 3.8) is 0 Å². The number of hydrogen-bond acceptors (Lipinski definition) is 5. The van der Waals surface area contributed by atoms with Gasteiger partial charge in [-0.25, -0.2) is 0 Å². The van der Waals surface area contributed by atoms with Crippen LogP contribution in [-0.4, -0.2) is 16.7 Å². The molecule has 0 saturated heterocycles. The molecule has 114 valence electrons. The van der Waals surface area contributed by atoms with E-state index in [1.54, 1.807) is 0 Å². The number of nitrogens with zero attached hydrogens (tertiary/aromatic N) is 2. The van der Waals surface area contributed by atoms with E-state index in [0.29, 0.717) is 24.7 Å². The van der Waals surface area contributed by atoms with E-state index in [4.69, 9.17) is 15.0 Å². The molecule has 2 unspecified atom stereocenters. The molecular formula is C16H23N3O2. The van der Waals surface area contributed by atoms with Gasteiger partial charge in [0, 0.05) is 19.1 Å². The van der Waals surface area contributed by atoms with Crippen molar-refractivity contribution in [2.24, 2.45) is 5.73 Å². The fourth-order valence-electron chi connectivity index (χ4n) is 2.24. The lowest BCUT2D eigenvalue weighted by Gasteiger charge is -2.11. The van der Waals surface area contributed by atoms with Crippen molar-refractivity contribution in [3.8, 4) is 0 Å². The quantitative estimate of drug-likeness (QED) is 0.807. The number of nitrogens with two attached hydrogens (primary N) is 1. The average Bonchev–Trinajstić information content (AvgIpc) is 2.96. The average molecular weight is 289 g/mol. The summed E-state index contributed by atoms with van der Waals surface area (Å²) in [6.07, 6.45) is 2.34. The summed E-state index contributed by atoms with van der Waals surface area (Å²) in [4.78, 5) is 4.43. The van der Waals surface area contributed by atoms with Gasteiger partial charge in [0.2, 0.25) is 11.7 Å². The molecule has 0 aliphatic carbocycles. The van der Waals surface area contributed by atoms with E-state index in [9.17, 15) is 0 Å². The van der Waals surface area contributed by atoms with Crippen LogP contribution in [-0.2, 0) is 11.2 Å². The second-order valence-corrected chi connectivity index (χ2v) is 5.00. The Bertz CT molecular complexity index is 521. The summed E-state index contributed by atoms with van der Waals surface area (Å²) >= 11 is 0. The maximum Gasteiger partial charge on any atom is 0.228 e. The molecule has 0 aliphatic rings. The number of ether oxygens (including phenoxy) is 1. The number of hydrogen-bond donors (Lipinski definition) is 1. The van der Waals surface area contributed by atoms with E-state index in [1.807, 2.05) is 37.3 Å². The molecule has 1 heterocycles. The van der Waals surface area contributed by atoms with Crippen molar-refractivity contribution in [3.05, 3.63) is 47.6 Å². The molecule has 0 radical (unpaired) electrons. The van der Waals surface area contributed by atoms with Crippen molar-refractivity contribution >= 4 is 0 Å². The first-order valence-electron chi connectivity index (χ1n) is 7.49. The first kappa shape index (κ1) is 15.7. The Morgan fingerprint density at radius 1 is 1.24 bits per heavy atom. The molecule has 1 aromatic heterocycles. The molecule has 0 aliphatic heterocycles. The van der Waals surface area contributed by atoms with Crippen LogP contribution in [0.5, 0.6) is 0 Å². The molecule has 2 N–H and O–H groups in total. The van der Waals surface area contributed by atoms with Gasteiger partial charge >= 0.3 is 0 Å². The lowest BCUT2D eigenvalue weighted by molar-refractivity contribution is 0.0478. The Morgan fingerprint density at radius 3 is 2.67 bits per heavy atom. The summed E-state index contributed by atoms with van der Waals surface area (Å²) in [6.45, 7) is 4.71. The molecular weight excluding hydrogens is 266 g/mol. The monoisotopic (exact) mass is 289 g/mol. The molecule has 2 aromatic rings. The summed E-state index contributed by atoms with van der Waals surface area (Å²) < 4.78 is 11.0. The third-order valence-corrected chi connectivity index (χ3v) is 3.31. The van der Waals surface area contributed by atoms with Gasteiger partial charge in [0.1, 0.15) is 6.10 Å². The predicted molar refractivity (Wildman–Crippen MR) is 80.6 cm³/mol. The van der Waals surface area contributed by atoms with Crippen LogP contribution in [0.4, 0.5) is 0 Å². The predicted octanol–water partition coefficient (Wildman–Crippen LogP) is 3.19. The molecule has 0 spiro atoms. The molecule has 21 heavy (non-hydrogen) atoms. The normalized spacial score (nSPS) is 14.0. The Labute approximate surface area is 125 Å². The minimum Gasteiger partial charge on any atom is -0.370 e. The molecule has 2 rings (SSSR count). The summed E-state index contributed by atoms with van der Waals surface area (Å²) in [6, 6.07) is 9.78. The van der Waals surface area contributed by atoms with Gasteiger partial charge in [-0.1, -0.05) is 48.8 Å². The van der Waals surface area contributed by atoms with Gasteiger partial charge < -0.3 is 15.0 Å². The lowest BCUT2D eigenvalue weighted by atomic mass is 10.1. The van der Waals surface area contributed by atoms with Crippen molar-refractivity contribution in [2.75, 3.05) is 6.61 Å². The summed E-state index contributed by atoms with van der Waals surface area (Å²) in [5.74, 6) is 1.18. The third-order valence-electron chi connectivity index (χ3n) is 3.31. The smallest absolute Gasteiger partial charge is 0.228 e. The van der Waals surface area contributed by atoms with Crippen LogP contribution in [0, 0.1) is 0 Å². The van der Waals surface area contributed by atoms with Crippen LogP contribution in [0.1, 0.15) is 56.1 Å². The Kier molecular flexibility index (Phi) is 5.90. The SMILES string of the molecule is CCCC(OCC)c1noc(CC(N)c2ccccc2)n1. The maximum atomic E-state index is 6.17. The van der Waals surface area contributed by atoms with Crippen molar-refractivity contribution in [1.82, 2.24) is 10.1 Å². The minimum absolute atomic E-state index is 0.0922. The highest BCUT2D eigenvalue weighted by Crippen LogP contribution is 2.21. The number of rotatable bonds is 8. The highest BCUT2D eigenvalue weighted by atomic mass is 16.5. The second kappa shape index (κ2) is 7.90. The molecule has 2 atom stereocenters. The van der Waals surface area contributed by atoms with Gasteiger partial charge in [-0.15, -0.1) is 0 Å². The van der Waals surface area contributed by atoms with Gasteiger partial charge in [-0.3, -0.25) is 0 Å². The van der Waals surface area contributed by atoms with E-state index in [2.05, 4.69) is 17.1 Å². The fourth-order valence-corrected chi connectivity index (χ4v) is 2.24. The van der Waals surface area contributed by atoms with Crippen molar-refractivity contribution in [2.45, 2.75) is 45.3 Å². The van der Waals surface area contributed by atoms with Crippen LogP contribution in [0.15, 0.2) is 34.9 Å². The van der Waals surface area contributed by atoms with Crippen LogP contribution in [0.3, 0.4) is 0 Å². The largest absolute Gasteiger partial charge is 0.370 e. The summed E-state index contributed by atoms with van der Waals surface area (Å²) in [7, 11) is 0. The zero-order chi connectivity index (χ0) is 15.1. The molecule has 0 amide bonds. The zero-order valence-electron chi connectivity index (χ0n) is 12.7. The Morgan fingerprint density at radius 2 is 2.00 bits per heavy atom. The van der Waals surface area contributed by atoms with Crippen LogP contribution < -0.4 is 5.73 Å². The Balaban J connectivity index is 2.02. The summed E-state index contributed by atoms with van der Waals surface area (Å²) in [5, 5.41) is 4.03. The van der Waals surface area contributed by atoms with Crippen LogP contribution in [0.25, 0.3) is 0 Å². The van der Waals surface area contributed by atoms with E-state index >= 15 is 0 Å². The van der Waals surface area contributed by atoms with Crippen molar-refractivity contribution < 1.29 is 9.26 Å². The van der Waals surface area contributed by atoms with Crippen LogP contribution in [0.2, 0.25) is 0 Å². The van der Waals surface area contributed by atoms with Gasteiger partial charge in [-0.05, 0) is 18.9 Å². The molecule has 0 fully saturated rings. The van der Waals surface area contributed by atoms with Gasteiger partial charge in [-0.2, -0.15) is 4.98 Å². The van der Waals surface area contributed by atoms with E-state index in [1.165, 1.54) is 0 Å². The third kappa shape index (κ3) is 4.37. The standard InChI is InChI=1S/C16H23N3O2/c1-3-8-14(20-4-2)16-18-15(21-19-16)11-13(17)12-9-6-5-7-10-12/h5-7,9-10,13-14H,3-4,8,11,17H2,1-2H3. The minimum atomic E-state index is -0.142. The zero-order valence-corrected chi connectivity index (χ0v) is 12.7. The molecule has 5 nitrogen and oxygen atoms in total. The Hall–Kier alpha value is -1.72.